The van der Waals surface area contributed by atoms with Crippen molar-refractivity contribution >= 4 is 11.9 Å². The predicted octanol–water partition coefficient (Wildman–Crippen LogP) is 1.19. The van der Waals surface area contributed by atoms with Gasteiger partial charge in [-0.2, -0.15) is 0 Å². The van der Waals surface area contributed by atoms with E-state index in [0.717, 1.165) is 11.1 Å². The van der Waals surface area contributed by atoms with Crippen LogP contribution in [0.2, 0.25) is 0 Å². The molecule has 6 heteroatoms. The summed E-state index contributed by atoms with van der Waals surface area (Å²) in [5, 5.41) is 0. The zero-order valence-electron chi connectivity index (χ0n) is 13.5. The number of rotatable bonds is 4. The topological polar surface area (TPSA) is 68.6 Å². The van der Waals surface area contributed by atoms with E-state index in [1.807, 2.05) is 20.8 Å². The first-order valence-corrected chi connectivity index (χ1v) is 7.41. The highest BCUT2D eigenvalue weighted by Crippen LogP contribution is 2.28. The highest BCUT2D eigenvalue weighted by Gasteiger charge is 2.38. The molecule has 120 valence electrons. The Hall–Kier alpha value is -2.11. The highest BCUT2D eigenvalue weighted by atomic mass is 16.5. The maximum atomic E-state index is 12.6. The summed E-state index contributed by atoms with van der Waals surface area (Å²) in [5.41, 5.74) is 1.74. The summed E-state index contributed by atoms with van der Waals surface area (Å²) in [5.74, 6) is -0.450. The number of hydrogen-bond donors (Lipinski definition) is 0. The summed E-state index contributed by atoms with van der Waals surface area (Å²) in [6.07, 6.45) is 2.49. The number of aromatic nitrogens is 1. The normalized spacial score (nSPS) is 21.3. The molecule has 1 aromatic heterocycles. The summed E-state index contributed by atoms with van der Waals surface area (Å²) in [6, 6.07) is 1.07. The molecule has 1 aliphatic heterocycles. The van der Waals surface area contributed by atoms with Gasteiger partial charge in [-0.25, -0.2) is 0 Å². The molecule has 2 heterocycles. The van der Waals surface area contributed by atoms with Crippen LogP contribution >= 0.6 is 0 Å². The molecule has 1 fully saturated rings. The van der Waals surface area contributed by atoms with E-state index in [1.165, 1.54) is 11.7 Å². The summed E-state index contributed by atoms with van der Waals surface area (Å²) in [7, 11) is 1.33. The maximum Gasteiger partial charge on any atom is 0.307 e. The van der Waals surface area contributed by atoms with Gasteiger partial charge in [0.2, 0.25) is 5.91 Å². The Bertz CT molecular complexity index is 650. The van der Waals surface area contributed by atoms with Gasteiger partial charge in [0.1, 0.15) is 6.04 Å². The molecule has 0 aliphatic carbocycles. The van der Waals surface area contributed by atoms with Crippen LogP contribution in [-0.4, -0.2) is 41.0 Å². The molecule has 0 aromatic carbocycles. The van der Waals surface area contributed by atoms with Crippen LogP contribution in [0.1, 0.15) is 36.9 Å². The van der Waals surface area contributed by atoms with E-state index in [4.69, 9.17) is 0 Å². The molecule has 22 heavy (non-hydrogen) atoms. The number of carbonyl (C=O) groups is 2. The molecule has 0 saturated carbocycles. The first-order chi connectivity index (χ1) is 10.3. The smallest absolute Gasteiger partial charge is 0.307 e. The molecule has 2 unspecified atom stereocenters. The lowest BCUT2D eigenvalue weighted by Gasteiger charge is -2.21. The Kier molecular flexibility index (Phi) is 4.68. The standard InChI is InChI=1S/C16H22N2O4/c1-10-7-14(19)18(9-11(10)2)13-8-12(3)17(16(13)21)6-5-15(20)22-4/h7,9,12-13H,5-6,8H2,1-4H3. The molecule has 6 nitrogen and oxygen atoms in total. The quantitative estimate of drug-likeness (QED) is 0.784. The SMILES string of the molecule is COC(=O)CCN1C(=O)C(n2cc(C)c(C)cc2=O)CC1C. The molecule has 0 spiro atoms. The number of likely N-dealkylation sites (tertiary alicyclic amines) is 1. The fourth-order valence-corrected chi connectivity index (χ4v) is 2.83. The number of amides is 1. The predicted molar refractivity (Wildman–Crippen MR) is 81.6 cm³/mol. The van der Waals surface area contributed by atoms with Crippen molar-refractivity contribution < 1.29 is 14.3 Å². The molecular formula is C16H22N2O4. The number of nitrogens with zero attached hydrogens (tertiary/aromatic N) is 2. The van der Waals surface area contributed by atoms with E-state index in [9.17, 15) is 14.4 Å². The van der Waals surface area contributed by atoms with Crippen LogP contribution in [-0.2, 0) is 14.3 Å². The number of pyridine rings is 1. The van der Waals surface area contributed by atoms with E-state index in [0.29, 0.717) is 13.0 Å². The number of carbonyl (C=O) groups excluding carboxylic acids is 2. The third-order valence-corrected chi connectivity index (χ3v) is 4.33. The van der Waals surface area contributed by atoms with Gasteiger partial charge in [0.25, 0.3) is 5.56 Å². The maximum absolute atomic E-state index is 12.6. The van der Waals surface area contributed by atoms with Gasteiger partial charge in [0, 0.05) is 24.8 Å². The van der Waals surface area contributed by atoms with E-state index in [1.54, 1.807) is 17.2 Å². The zero-order chi connectivity index (χ0) is 16.4. The fourth-order valence-electron chi connectivity index (χ4n) is 2.83. The molecule has 0 bridgehead atoms. The van der Waals surface area contributed by atoms with Crippen molar-refractivity contribution in [2.24, 2.45) is 0 Å². The molecule has 0 N–H and O–H groups in total. The van der Waals surface area contributed by atoms with Crippen molar-refractivity contribution in [3.8, 4) is 0 Å². The van der Waals surface area contributed by atoms with Gasteiger partial charge in [0.15, 0.2) is 0 Å². The Morgan fingerprint density at radius 3 is 2.64 bits per heavy atom. The van der Waals surface area contributed by atoms with Gasteiger partial charge in [-0.1, -0.05) is 0 Å². The molecule has 1 aromatic rings. The van der Waals surface area contributed by atoms with Crippen molar-refractivity contribution in [1.29, 1.82) is 0 Å². The minimum atomic E-state index is -0.487. The summed E-state index contributed by atoms with van der Waals surface area (Å²) in [6.45, 7) is 6.05. The van der Waals surface area contributed by atoms with Gasteiger partial charge < -0.3 is 14.2 Å². The highest BCUT2D eigenvalue weighted by molar-refractivity contribution is 5.83. The van der Waals surface area contributed by atoms with Crippen LogP contribution in [0.3, 0.4) is 0 Å². The molecule has 2 rings (SSSR count). The van der Waals surface area contributed by atoms with Crippen LogP contribution in [0.5, 0.6) is 0 Å². The van der Waals surface area contributed by atoms with Crippen molar-refractivity contribution in [2.75, 3.05) is 13.7 Å². The van der Waals surface area contributed by atoms with Crippen LogP contribution in [0.4, 0.5) is 0 Å². The Morgan fingerprint density at radius 1 is 1.32 bits per heavy atom. The van der Waals surface area contributed by atoms with E-state index in [2.05, 4.69) is 4.74 Å². The van der Waals surface area contributed by atoms with Crippen LogP contribution < -0.4 is 5.56 Å². The van der Waals surface area contributed by atoms with Gasteiger partial charge in [-0.3, -0.25) is 14.4 Å². The van der Waals surface area contributed by atoms with E-state index in [-0.39, 0.29) is 29.9 Å². The summed E-state index contributed by atoms with van der Waals surface area (Å²) >= 11 is 0. The number of hydrogen-bond acceptors (Lipinski definition) is 4. The van der Waals surface area contributed by atoms with Gasteiger partial charge in [-0.05, 0) is 38.3 Å². The first kappa shape index (κ1) is 16.3. The van der Waals surface area contributed by atoms with Gasteiger partial charge in [0.05, 0.1) is 13.5 Å². The Balaban J connectivity index is 2.21. The number of methoxy groups -OCH3 is 1. The second kappa shape index (κ2) is 6.34. The third kappa shape index (κ3) is 3.05. The van der Waals surface area contributed by atoms with E-state index < -0.39 is 6.04 Å². The van der Waals surface area contributed by atoms with Crippen molar-refractivity contribution in [2.45, 2.75) is 45.7 Å². The lowest BCUT2D eigenvalue weighted by Crippen LogP contribution is -2.36. The lowest BCUT2D eigenvalue weighted by molar-refractivity contribution is -0.141. The second-order valence-corrected chi connectivity index (χ2v) is 5.84. The van der Waals surface area contributed by atoms with Gasteiger partial charge >= 0.3 is 5.97 Å². The zero-order valence-corrected chi connectivity index (χ0v) is 13.5. The average molecular weight is 306 g/mol. The largest absolute Gasteiger partial charge is 0.469 e. The van der Waals surface area contributed by atoms with Crippen molar-refractivity contribution in [3.05, 3.63) is 33.7 Å². The number of esters is 1. The fraction of sp³-hybridized carbons (Fsp3) is 0.562. The Labute approximate surface area is 129 Å². The third-order valence-electron chi connectivity index (χ3n) is 4.33. The van der Waals surface area contributed by atoms with Crippen molar-refractivity contribution in [3.63, 3.8) is 0 Å². The average Bonchev–Trinajstić information content (AvgIpc) is 2.75. The molecule has 0 radical (unpaired) electrons. The second-order valence-electron chi connectivity index (χ2n) is 5.84. The lowest BCUT2D eigenvalue weighted by atomic mass is 10.1. The van der Waals surface area contributed by atoms with Gasteiger partial charge in [-0.15, -0.1) is 0 Å². The molecule has 1 saturated heterocycles. The molecule has 1 amide bonds. The monoisotopic (exact) mass is 306 g/mol. The minimum absolute atomic E-state index is 0.00401. The van der Waals surface area contributed by atoms with Crippen LogP contribution in [0, 0.1) is 13.8 Å². The minimum Gasteiger partial charge on any atom is -0.469 e. The summed E-state index contributed by atoms with van der Waals surface area (Å²) < 4.78 is 6.12. The first-order valence-electron chi connectivity index (χ1n) is 7.41. The summed E-state index contributed by atoms with van der Waals surface area (Å²) in [4.78, 5) is 37.7. The number of aryl methyl sites for hydroxylation is 2. The molecule has 2 atom stereocenters. The number of ether oxygens (including phenoxy) is 1. The Morgan fingerprint density at radius 2 is 2.00 bits per heavy atom. The van der Waals surface area contributed by atoms with E-state index >= 15 is 0 Å². The molecule has 1 aliphatic rings. The molecular weight excluding hydrogens is 284 g/mol. The van der Waals surface area contributed by atoms with Crippen molar-refractivity contribution in [1.82, 2.24) is 9.47 Å². The van der Waals surface area contributed by atoms with Crippen LogP contribution in [0.25, 0.3) is 0 Å². The van der Waals surface area contributed by atoms with Crippen LogP contribution in [0.15, 0.2) is 17.1 Å².